The van der Waals surface area contributed by atoms with Crippen molar-refractivity contribution in [2.24, 2.45) is 0 Å². The Morgan fingerprint density at radius 3 is 2.44 bits per heavy atom. The molecular weight excluding hydrogens is 538 g/mol. The average Bonchev–Trinajstić information content (AvgIpc) is 2.99. The molecule has 0 radical (unpaired) electrons. The summed E-state index contributed by atoms with van der Waals surface area (Å²) in [4.78, 5) is 28.1. The summed E-state index contributed by atoms with van der Waals surface area (Å²) < 4.78 is 6.28. The zero-order valence-corrected chi connectivity index (χ0v) is 26.8. The molecule has 1 aliphatic heterocycles. The first-order valence-electron chi connectivity index (χ1n) is 16.4. The summed E-state index contributed by atoms with van der Waals surface area (Å²) in [7, 11) is 3.97. The fourth-order valence-electron chi connectivity index (χ4n) is 6.50. The number of hydrogen-bond acceptors (Lipinski definition) is 5. The SMILES string of the molecule is CCC1CC(O)CC(c2ccc(C)c(Cc3ccc(CCCC(=O)NC4(C(=O)NCCN(C)C)CCCCC4)cc3)c2)O1. The molecule has 1 aliphatic carbocycles. The number of likely N-dealkylation sites (N-methyl/N-ethyl adjacent to an activating group) is 1. The van der Waals surface area contributed by atoms with E-state index in [1.54, 1.807) is 0 Å². The lowest BCUT2D eigenvalue weighted by Crippen LogP contribution is -2.60. The third-order valence-electron chi connectivity index (χ3n) is 9.23. The maximum atomic E-state index is 13.1. The van der Waals surface area contributed by atoms with Gasteiger partial charge >= 0.3 is 0 Å². The fraction of sp³-hybridized carbons (Fsp3) is 0.611. The molecule has 3 atom stereocenters. The summed E-state index contributed by atoms with van der Waals surface area (Å²) in [6, 6.07) is 15.3. The Balaban J connectivity index is 1.28. The molecule has 1 heterocycles. The third kappa shape index (κ3) is 9.62. The minimum Gasteiger partial charge on any atom is -0.393 e. The molecule has 2 aromatic carbocycles. The molecular formula is C36H53N3O4. The van der Waals surface area contributed by atoms with Crippen molar-refractivity contribution in [1.29, 1.82) is 0 Å². The molecule has 1 saturated carbocycles. The number of carbonyl (C=O) groups is 2. The van der Waals surface area contributed by atoms with Crippen LogP contribution in [0.5, 0.6) is 0 Å². The van der Waals surface area contributed by atoms with Gasteiger partial charge in [0.1, 0.15) is 5.54 Å². The number of ether oxygens (including phenoxy) is 1. The minimum atomic E-state index is -0.765. The second-order valence-corrected chi connectivity index (χ2v) is 13.1. The number of aliphatic hydroxyl groups excluding tert-OH is 1. The van der Waals surface area contributed by atoms with Crippen molar-refractivity contribution in [1.82, 2.24) is 15.5 Å². The zero-order chi connectivity index (χ0) is 30.8. The van der Waals surface area contributed by atoms with Crippen LogP contribution >= 0.6 is 0 Å². The highest BCUT2D eigenvalue weighted by atomic mass is 16.5. The monoisotopic (exact) mass is 591 g/mol. The Morgan fingerprint density at radius 2 is 1.74 bits per heavy atom. The van der Waals surface area contributed by atoms with Gasteiger partial charge in [0.25, 0.3) is 0 Å². The summed E-state index contributed by atoms with van der Waals surface area (Å²) in [5, 5.41) is 16.5. The van der Waals surface area contributed by atoms with Crippen molar-refractivity contribution in [3.05, 3.63) is 70.3 Å². The highest BCUT2D eigenvalue weighted by molar-refractivity contribution is 5.91. The van der Waals surface area contributed by atoms with Gasteiger partial charge in [-0.25, -0.2) is 0 Å². The van der Waals surface area contributed by atoms with E-state index >= 15 is 0 Å². The molecule has 2 fully saturated rings. The van der Waals surface area contributed by atoms with Crippen LogP contribution in [0.3, 0.4) is 0 Å². The Kier molecular flexibility index (Phi) is 12.2. The number of carbonyl (C=O) groups excluding carboxylic acids is 2. The molecule has 0 spiro atoms. The fourth-order valence-corrected chi connectivity index (χ4v) is 6.50. The molecule has 4 rings (SSSR count). The van der Waals surface area contributed by atoms with Crippen LogP contribution in [0.15, 0.2) is 42.5 Å². The first-order valence-corrected chi connectivity index (χ1v) is 16.4. The van der Waals surface area contributed by atoms with Crippen molar-refractivity contribution in [2.75, 3.05) is 27.2 Å². The van der Waals surface area contributed by atoms with E-state index in [0.717, 1.165) is 63.5 Å². The average molecular weight is 592 g/mol. The number of amides is 2. The number of aliphatic hydroxyl groups is 1. The van der Waals surface area contributed by atoms with E-state index in [0.29, 0.717) is 32.2 Å². The maximum absolute atomic E-state index is 13.1. The molecule has 3 N–H and O–H groups in total. The lowest BCUT2D eigenvalue weighted by Gasteiger charge is -2.36. The van der Waals surface area contributed by atoms with Gasteiger partial charge in [0.15, 0.2) is 0 Å². The van der Waals surface area contributed by atoms with Crippen molar-refractivity contribution in [2.45, 2.75) is 115 Å². The highest BCUT2D eigenvalue weighted by Crippen LogP contribution is 2.34. The highest BCUT2D eigenvalue weighted by Gasteiger charge is 2.40. The van der Waals surface area contributed by atoms with E-state index in [4.69, 9.17) is 4.74 Å². The lowest BCUT2D eigenvalue weighted by molar-refractivity contribution is -0.135. The molecule has 0 aromatic heterocycles. The van der Waals surface area contributed by atoms with E-state index in [-0.39, 0.29) is 30.1 Å². The number of nitrogens with one attached hydrogen (secondary N) is 2. The van der Waals surface area contributed by atoms with Crippen LogP contribution in [0.2, 0.25) is 0 Å². The van der Waals surface area contributed by atoms with Gasteiger partial charge in [-0.2, -0.15) is 0 Å². The molecule has 2 aromatic rings. The van der Waals surface area contributed by atoms with Crippen LogP contribution in [0.4, 0.5) is 0 Å². The smallest absolute Gasteiger partial charge is 0.245 e. The van der Waals surface area contributed by atoms with E-state index in [1.165, 1.54) is 22.3 Å². The van der Waals surface area contributed by atoms with Crippen LogP contribution in [-0.4, -0.2) is 66.8 Å². The molecule has 7 heteroatoms. The first kappa shape index (κ1) is 33.2. The van der Waals surface area contributed by atoms with Gasteiger partial charge in [-0.15, -0.1) is 0 Å². The topological polar surface area (TPSA) is 90.9 Å². The number of benzene rings is 2. The van der Waals surface area contributed by atoms with Gasteiger partial charge < -0.3 is 25.4 Å². The summed E-state index contributed by atoms with van der Waals surface area (Å²) in [6.45, 7) is 5.62. The van der Waals surface area contributed by atoms with Crippen molar-refractivity contribution in [3.8, 4) is 0 Å². The molecule has 3 unspecified atom stereocenters. The summed E-state index contributed by atoms with van der Waals surface area (Å²) >= 11 is 0. The van der Waals surface area contributed by atoms with Gasteiger partial charge in [0, 0.05) is 25.9 Å². The predicted molar refractivity (Wildman–Crippen MR) is 172 cm³/mol. The third-order valence-corrected chi connectivity index (χ3v) is 9.23. The standard InChI is InChI=1S/C36H53N3O4/c1-5-32-24-31(40)25-33(43-32)29-17-12-26(2)30(23-29)22-28-15-13-27(14-16-28)10-9-11-34(41)38-36(18-7-6-8-19-36)35(42)37-20-21-39(3)4/h12-17,23,31-33,40H,5-11,18-22,24-25H2,1-4H3,(H,37,42)(H,38,41). The van der Waals surface area contributed by atoms with Gasteiger partial charge in [-0.05, 0) is 93.8 Å². The van der Waals surface area contributed by atoms with Gasteiger partial charge in [0.05, 0.1) is 18.3 Å². The van der Waals surface area contributed by atoms with Crippen LogP contribution < -0.4 is 10.6 Å². The molecule has 0 bridgehead atoms. The largest absolute Gasteiger partial charge is 0.393 e. The van der Waals surface area contributed by atoms with Crippen molar-refractivity contribution >= 4 is 11.8 Å². The van der Waals surface area contributed by atoms with Crippen molar-refractivity contribution < 1.29 is 19.4 Å². The maximum Gasteiger partial charge on any atom is 0.245 e. The Bertz CT molecular complexity index is 1190. The second kappa shape index (κ2) is 15.8. The second-order valence-electron chi connectivity index (χ2n) is 13.1. The molecule has 2 aliphatic rings. The minimum absolute atomic E-state index is 0.0311. The molecule has 7 nitrogen and oxygen atoms in total. The summed E-state index contributed by atoms with van der Waals surface area (Å²) in [5.74, 6) is -0.0656. The van der Waals surface area contributed by atoms with Crippen LogP contribution in [-0.2, 0) is 27.2 Å². The number of rotatable bonds is 13. The van der Waals surface area contributed by atoms with Crippen LogP contribution in [0.1, 0.15) is 105 Å². The van der Waals surface area contributed by atoms with E-state index in [2.05, 4.69) is 66.9 Å². The summed E-state index contributed by atoms with van der Waals surface area (Å²) in [5.41, 5.74) is 5.38. The summed E-state index contributed by atoms with van der Waals surface area (Å²) in [6.07, 6.45) is 9.33. The number of nitrogens with zero attached hydrogens (tertiary/aromatic N) is 1. The van der Waals surface area contributed by atoms with Gasteiger partial charge in [-0.3, -0.25) is 9.59 Å². The Hall–Kier alpha value is -2.74. The number of hydrogen-bond donors (Lipinski definition) is 3. The van der Waals surface area contributed by atoms with Crippen molar-refractivity contribution in [3.63, 3.8) is 0 Å². The Labute approximate surface area is 258 Å². The quantitative estimate of drug-likeness (QED) is 0.290. The van der Waals surface area contributed by atoms with Gasteiger partial charge in [-0.1, -0.05) is 68.7 Å². The van der Waals surface area contributed by atoms with Crippen LogP contribution in [0, 0.1) is 6.92 Å². The number of aryl methyl sites for hydroxylation is 2. The predicted octanol–water partition coefficient (Wildman–Crippen LogP) is 5.40. The van der Waals surface area contributed by atoms with Crippen LogP contribution in [0.25, 0.3) is 0 Å². The Morgan fingerprint density at radius 1 is 1.02 bits per heavy atom. The van der Waals surface area contributed by atoms with E-state index in [9.17, 15) is 14.7 Å². The van der Waals surface area contributed by atoms with Gasteiger partial charge in [0.2, 0.25) is 11.8 Å². The molecule has 236 valence electrons. The first-order chi connectivity index (χ1) is 20.7. The molecule has 1 saturated heterocycles. The molecule has 2 amide bonds. The van der Waals surface area contributed by atoms with E-state index in [1.807, 2.05) is 19.0 Å². The van der Waals surface area contributed by atoms with E-state index < -0.39 is 5.54 Å². The zero-order valence-electron chi connectivity index (χ0n) is 26.8. The lowest BCUT2D eigenvalue weighted by atomic mass is 9.80. The normalized spacial score (nSPS) is 21.9. The molecule has 43 heavy (non-hydrogen) atoms.